The largest absolute Gasteiger partial charge is 0.456 e. The lowest BCUT2D eigenvalue weighted by molar-refractivity contribution is 0.0467. The highest BCUT2D eigenvalue weighted by Gasteiger charge is 2.12. The molecule has 2 aromatic carbocycles. The molecule has 0 spiro atoms. The first-order chi connectivity index (χ1) is 14.9. The molecule has 7 nitrogen and oxygen atoms in total. The van der Waals surface area contributed by atoms with Gasteiger partial charge in [-0.2, -0.15) is 0 Å². The van der Waals surface area contributed by atoms with Gasteiger partial charge in [0, 0.05) is 28.4 Å². The standard InChI is InChI=1S/C23H19N3O4S/c1-14-5-3-6-16(9-14)21(28)24-18-8-4-7-17(10-18)22(29)30-13-19-11-20(27)26-12-15(2)31-23(26)25-19/h3-12H,13H2,1-2H3,(H,24,28). The predicted molar refractivity (Wildman–Crippen MR) is 119 cm³/mol. The van der Waals surface area contributed by atoms with Crippen molar-refractivity contribution in [1.82, 2.24) is 9.38 Å². The third kappa shape index (κ3) is 4.70. The summed E-state index contributed by atoms with van der Waals surface area (Å²) in [5.74, 6) is -0.838. The van der Waals surface area contributed by atoms with Gasteiger partial charge in [-0.15, -0.1) is 11.3 Å². The van der Waals surface area contributed by atoms with E-state index in [0.29, 0.717) is 21.9 Å². The third-order valence-corrected chi connectivity index (χ3v) is 5.42. The van der Waals surface area contributed by atoms with Crippen LogP contribution in [0.3, 0.4) is 0 Å². The number of hydrogen-bond acceptors (Lipinski definition) is 6. The first-order valence-electron chi connectivity index (χ1n) is 9.53. The molecule has 0 atom stereocenters. The third-order valence-electron chi connectivity index (χ3n) is 4.52. The molecule has 1 amide bonds. The Bertz CT molecular complexity index is 1360. The Hall–Kier alpha value is -3.78. The smallest absolute Gasteiger partial charge is 0.338 e. The minimum Gasteiger partial charge on any atom is -0.456 e. The van der Waals surface area contributed by atoms with Crippen molar-refractivity contribution in [2.24, 2.45) is 0 Å². The number of rotatable bonds is 5. The van der Waals surface area contributed by atoms with Crippen molar-refractivity contribution < 1.29 is 14.3 Å². The van der Waals surface area contributed by atoms with Gasteiger partial charge < -0.3 is 10.1 Å². The zero-order chi connectivity index (χ0) is 22.0. The lowest BCUT2D eigenvalue weighted by Gasteiger charge is -2.08. The Morgan fingerprint density at radius 2 is 1.84 bits per heavy atom. The molecule has 0 bridgehead atoms. The van der Waals surface area contributed by atoms with Crippen molar-refractivity contribution in [2.75, 3.05) is 5.32 Å². The lowest BCUT2D eigenvalue weighted by atomic mass is 10.1. The fourth-order valence-electron chi connectivity index (χ4n) is 3.07. The number of carbonyl (C=O) groups excluding carboxylic acids is 2. The normalized spacial score (nSPS) is 10.8. The fourth-order valence-corrected chi connectivity index (χ4v) is 3.92. The van der Waals surface area contributed by atoms with Gasteiger partial charge in [-0.3, -0.25) is 14.0 Å². The van der Waals surface area contributed by atoms with Gasteiger partial charge in [0.25, 0.3) is 11.5 Å². The highest BCUT2D eigenvalue weighted by molar-refractivity contribution is 7.16. The zero-order valence-corrected chi connectivity index (χ0v) is 17.7. The number of amides is 1. The fraction of sp³-hybridized carbons (Fsp3) is 0.130. The molecule has 31 heavy (non-hydrogen) atoms. The monoisotopic (exact) mass is 433 g/mol. The minimum absolute atomic E-state index is 0.124. The molecule has 156 valence electrons. The first-order valence-corrected chi connectivity index (χ1v) is 10.3. The molecule has 0 saturated carbocycles. The second-order valence-electron chi connectivity index (χ2n) is 7.06. The molecule has 0 fully saturated rings. The number of nitrogens with one attached hydrogen (secondary N) is 1. The molecular formula is C23H19N3O4S. The van der Waals surface area contributed by atoms with E-state index in [1.54, 1.807) is 42.6 Å². The van der Waals surface area contributed by atoms with Crippen molar-refractivity contribution >= 4 is 33.9 Å². The molecule has 2 aromatic heterocycles. The number of aryl methyl sites for hydroxylation is 2. The molecule has 0 aliphatic carbocycles. The summed E-state index contributed by atoms with van der Waals surface area (Å²) in [7, 11) is 0. The number of anilines is 1. The van der Waals surface area contributed by atoms with Crippen LogP contribution < -0.4 is 10.9 Å². The number of benzene rings is 2. The number of thiazole rings is 1. The van der Waals surface area contributed by atoms with Crippen LogP contribution in [0.25, 0.3) is 4.96 Å². The molecule has 0 aliphatic rings. The van der Waals surface area contributed by atoms with Crippen LogP contribution in [0.1, 0.15) is 36.9 Å². The summed E-state index contributed by atoms with van der Waals surface area (Å²) >= 11 is 1.39. The van der Waals surface area contributed by atoms with E-state index < -0.39 is 5.97 Å². The van der Waals surface area contributed by atoms with Gasteiger partial charge in [0.2, 0.25) is 0 Å². The van der Waals surface area contributed by atoms with Gasteiger partial charge in [-0.05, 0) is 44.2 Å². The van der Waals surface area contributed by atoms with Crippen molar-refractivity contribution in [3.05, 3.63) is 98.4 Å². The van der Waals surface area contributed by atoms with Crippen LogP contribution in [0.4, 0.5) is 5.69 Å². The van der Waals surface area contributed by atoms with Crippen LogP contribution in [0.2, 0.25) is 0 Å². The van der Waals surface area contributed by atoms with Crippen LogP contribution in [0, 0.1) is 13.8 Å². The number of aromatic nitrogens is 2. The van der Waals surface area contributed by atoms with Crippen molar-refractivity contribution in [2.45, 2.75) is 20.5 Å². The first kappa shape index (κ1) is 20.5. The van der Waals surface area contributed by atoms with E-state index in [2.05, 4.69) is 10.3 Å². The molecular weight excluding hydrogens is 414 g/mol. The number of nitrogens with zero attached hydrogens (tertiary/aromatic N) is 2. The maximum Gasteiger partial charge on any atom is 0.338 e. The molecule has 0 aliphatic heterocycles. The Balaban J connectivity index is 1.44. The molecule has 0 unspecified atom stereocenters. The van der Waals surface area contributed by atoms with Gasteiger partial charge in [-0.1, -0.05) is 23.8 Å². The second kappa shape index (κ2) is 8.53. The SMILES string of the molecule is Cc1cccc(C(=O)Nc2cccc(C(=O)OCc3cc(=O)n4cc(C)sc4n3)c2)c1. The number of hydrogen-bond donors (Lipinski definition) is 1. The summed E-state index contributed by atoms with van der Waals surface area (Å²) in [5, 5.41) is 2.78. The van der Waals surface area contributed by atoms with Crippen LogP contribution in [-0.4, -0.2) is 21.3 Å². The van der Waals surface area contributed by atoms with Crippen LogP contribution >= 0.6 is 11.3 Å². The predicted octanol–water partition coefficient (Wildman–Crippen LogP) is 3.98. The summed E-state index contributed by atoms with van der Waals surface area (Å²) in [6.45, 7) is 3.68. The molecule has 8 heteroatoms. The molecule has 4 aromatic rings. The maximum absolute atomic E-state index is 12.5. The van der Waals surface area contributed by atoms with E-state index in [0.717, 1.165) is 10.4 Å². The topological polar surface area (TPSA) is 89.8 Å². The van der Waals surface area contributed by atoms with E-state index in [-0.39, 0.29) is 23.6 Å². The average molecular weight is 433 g/mol. The Kier molecular flexibility index (Phi) is 5.64. The van der Waals surface area contributed by atoms with E-state index in [9.17, 15) is 14.4 Å². The van der Waals surface area contributed by atoms with Gasteiger partial charge in [0.1, 0.15) is 6.61 Å². The van der Waals surface area contributed by atoms with Crippen LogP contribution in [0.15, 0.2) is 65.6 Å². The number of fused-ring (bicyclic) bond motifs is 1. The van der Waals surface area contributed by atoms with Gasteiger partial charge in [0.15, 0.2) is 4.96 Å². The van der Waals surface area contributed by atoms with E-state index in [1.165, 1.54) is 21.8 Å². The molecule has 0 radical (unpaired) electrons. The highest BCUT2D eigenvalue weighted by Crippen LogP contribution is 2.16. The quantitative estimate of drug-likeness (QED) is 0.481. The Morgan fingerprint density at radius 1 is 1.06 bits per heavy atom. The molecule has 4 rings (SSSR count). The summed E-state index contributed by atoms with van der Waals surface area (Å²) in [6.07, 6.45) is 1.72. The number of ether oxygens (including phenoxy) is 1. The van der Waals surface area contributed by atoms with E-state index >= 15 is 0 Å². The van der Waals surface area contributed by atoms with Crippen LogP contribution in [0.5, 0.6) is 0 Å². The molecule has 1 N–H and O–H groups in total. The summed E-state index contributed by atoms with van der Waals surface area (Å²) in [5.41, 5.74) is 2.43. The van der Waals surface area contributed by atoms with E-state index in [4.69, 9.17) is 4.74 Å². The van der Waals surface area contributed by atoms with Crippen molar-refractivity contribution in [3.63, 3.8) is 0 Å². The lowest BCUT2D eigenvalue weighted by Crippen LogP contribution is -2.15. The summed E-state index contributed by atoms with van der Waals surface area (Å²) in [6, 6.07) is 15.1. The van der Waals surface area contributed by atoms with Crippen molar-refractivity contribution in [1.29, 1.82) is 0 Å². The maximum atomic E-state index is 12.5. The minimum atomic E-state index is -0.573. The van der Waals surface area contributed by atoms with Gasteiger partial charge >= 0.3 is 5.97 Å². The molecule has 0 saturated heterocycles. The van der Waals surface area contributed by atoms with Crippen molar-refractivity contribution in [3.8, 4) is 0 Å². The van der Waals surface area contributed by atoms with Crippen LogP contribution in [-0.2, 0) is 11.3 Å². The number of esters is 1. The highest BCUT2D eigenvalue weighted by atomic mass is 32.1. The number of carbonyl (C=O) groups is 2. The summed E-state index contributed by atoms with van der Waals surface area (Å²) in [4.78, 5) is 43.0. The Labute approximate surface area is 182 Å². The second-order valence-corrected chi connectivity index (χ2v) is 8.27. The van der Waals surface area contributed by atoms with E-state index in [1.807, 2.05) is 26.0 Å². The van der Waals surface area contributed by atoms with Gasteiger partial charge in [-0.25, -0.2) is 9.78 Å². The average Bonchev–Trinajstić information content (AvgIpc) is 3.13. The summed E-state index contributed by atoms with van der Waals surface area (Å²) < 4.78 is 6.79. The zero-order valence-electron chi connectivity index (χ0n) is 16.9. The van der Waals surface area contributed by atoms with Gasteiger partial charge in [0.05, 0.1) is 11.3 Å². The molecule has 2 heterocycles. The Morgan fingerprint density at radius 3 is 2.65 bits per heavy atom.